The van der Waals surface area contributed by atoms with E-state index < -0.39 is 0 Å². The normalized spacial score (nSPS) is 16.1. The Morgan fingerprint density at radius 3 is 2.72 bits per heavy atom. The number of imidazole rings is 1. The first-order valence-electron chi connectivity index (χ1n) is 5.82. The van der Waals surface area contributed by atoms with Gasteiger partial charge in [-0.05, 0) is 12.1 Å². The van der Waals surface area contributed by atoms with E-state index in [1.165, 1.54) is 0 Å². The van der Waals surface area contributed by atoms with E-state index in [9.17, 15) is 9.59 Å². The highest BCUT2D eigenvalue weighted by molar-refractivity contribution is 5.96. The summed E-state index contributed by atoms with van der Waals surface area (Å²) < 4.78 is 5.29. The van der Waals surface area contributed by atoms with Gasteiger partial charge in [0, 0.05) is 24.3 Å². The SMILES string of the molecule is O=Cc1cc(N2CCOCC2)cc2[nH]c(=O)[nH]c12. The molecular formula is C12H13N3O3. The standard InChI is InChI=1S/C12H13N3O3/c16-7-8-5-9(15-1-3-18-4-2-15)6-10-11(8)14-12(17)13-10/h5-7H,1-4H2,(H2,13,14,17). The van der Waals surface area contributed by atoms with Crippen molar-refractivity contribution in [1.29, 1.82) is 0 Å². The number of rotatable bonds is 2. The van der Waals surface area contributed by atoms with Gasteiger partial charge in [-0.25, -0.2) is 4.79 Å². The minimum atomic E-state index is -0.299. The van der Waals surface area contributed by atoms with E-state index in [2.05, 4.69) is 14.9 Å². The molecule has 1 aromatic heterocycles. The molecule has 1 aromatic carbocycles. The number of morpholine rings is 1. The van der Waals surface area contributed by atoms with Gasteiger partial charge < -0.3 is 19.6 Å². The Balaban J connectivity index is 2.12. The Morgan fingerprint density at radius 2 is 2.00 bits per heavy atom. The van der Waals surface area contributed by atoms with Crippen LogP contribution in [0.1, 0.15) is 10.4 Å². The third-order valence-electron chi connectivity index (χ3n) is 3.14. The molecule has 0 aliphatic carbocycles. The molecule has 0 spiro atoms. The first-order chi connectivity index (χ1) is 8.78. The van der Waals surface area contributed by atoms with E-state index in [-0.39, 0.29) is 5.69 Å². The molecule has 6 nitrogen and oxygen atoms in total. The summed E-state index contributed by atoms with van der Waals surface area (Å²) in [6.45, 7) is 2.94. The minimum absolute atomic E-state index is 0.299. The number of fused-ring (bicyclic) bond motifs is 1. The summed E-state index contributed by atoms with van der Waals surface area (Å²) in [5, 5.41) is 0. The number of benzene rings is 1. The van der Waals surface area contributed by atoms with Crippen LogP contribution in [0.15, 0.2) is 16.9 Å². The van der Waals surface area contributed by atoms with Crippen molar-refractivity contribution in [2.45, 2.75) is 0 Å². The molecule has 1 aliphatic rings. The number of carbonyl (C=O) groups excluding carboxylic acids is 1. The Hall–Kier alpha value is -2.08. The van der Waals surface area contributed by atoms with E-state index >= 15 is 0 Å². The van der Waals surface area contributed by atoms with Crippen LogP contribution in [0.2, 0.25) is 0 Å². The molecular weight excluding hydrogens is 234 g/mol. The average Bonchev–Trinajstić information content (AvgIpc) is 2.78. The molecule has 0 atom stereocenters. The predicted molar refractivity (Wildman–Crippen MR) is 67.3 cm³/mol. The van der Waals surface area contributed by atoms with Gasteiger partial charge in [0.15, 0.2) is 6.29 Å². The summed E-state index contributed by atoms with van der Waals surface area (Å²) in [4.78, 5) is 29.8. The van der Waals surface area contributed by atoms with Gasteiger partial charge in [0.2, 0.25) is 0 Å². The molecule has 0 saturated carbocycles. The van der Waals surface area contributed by atoms with Gasteiger partial charge in [-0.2, -0.15) is 0 Å². The van der Waals surface area contributed by atoms with Crippen molar-refractivity contribution in [3.63, 3.8) is 0 Å². The molecule has 2 heterocycles. The lowest BCUT2D eigenvalue weighted by Crippen LogP contribution is -2.36. The van der Waals surface area contributed by atoms with Gasteiger partial charge in [0.25, 0.3) is 0 Å². The zero-order valence-corrected chi connectivity index (χ0v) is 9.73. The summed E-state index contributed by atoms with van der Waals surface area (Å²) in [5.74, 6) is 0. The fourth-order valence-corrected chi connectivity index (χ4v) is 2.25. The number of ether oxygens (including phenoxy) is 1. The van der Waals surface area contributed by atoms with Crippen LogP contribution in [0.25, 0.3) is 11.0 Å². The van der Waals surface area contributed by atoms with Crippen LogP contribution < -0.4 is 10.6 Å². The number of H-pyrrole nitrogens is 2. The van der Waals surface area contributed by atoms with Crippen LogP contribution in [-0.4, -0.2) is 42.6 Å². The lowest BCUT2D eigenvalue weighted by atomic mass is 10.1. The van der Waals surface area contributed by atoms with Crippen molar-refractivity contribution in [1.82, 2.24) is 9.97 Å². The number of nitrogens with zero attached hydrogens (tertiary/aromatic N) is 1. The first kappa shape index (κ1) is 11.0. The van der Waals surface area contributed by atoms with Crippen molar-refractivity contribution in [2.24, 2.45) is 0 Å². The van der Waals surface area contributed by atoms with E-state index in [0.29, 0.717) is 29.8 Å². The number of aromatic nitrogens is 2. The van der Waals surface area contributed by atoms with E-state index in [1.54, 1.807) is 6.07 Å². The lowest BCUT2D eigenvalue weighted by molar-refractivity contribution is 0.112. The molecule has 0 bridgehead atoms. The molecule has 6 heteroatoms. The van der Waals surface area contributed by atoms with Crippen molar-refractivity contribution >= 4 is 23.0 Å². The second kappa shape index (κ2) is 4.30. The molecule has 1 saturated heterocycles. The van der Waals surface area contributed by atoms with Crippen molar-refractivity contribution in [3.05, 3.63) is 28.2 Å². The van der Waals surface area contributed by atoms with Crippen LogP contribution in [0.5, 0.6) is 0 Å². The zero-order chi connectivity index (χ0) is 12.5. The van der Waals surface area contributed by atoms with Crippen LogP contribution >= 0.6 is 0 Å². The van der Waals surface area contributed by atoms with Crippen molar-refractivity contribution in [3.8, 4) is 0 Å². The molecule has 94 valence electrons. The smallest absolute Gasteiger partial charge is 0.323 e. The van der Waals surface area contributed by atoms with Gasteiger partial charge in [-0.15, -0.1) is 0 Å². The number of carbonyl (C=O) groups is 1. The number of hydrogen-bond donors (Lipinski definition) is 2. The van der Waals surface area contributed by atoms with Gasteiger partial charge in [-0.1, -0.05) is 0 Å². The highest BCUT2D eigenvalue weighted by atomic mass is 16.5. The second-order valence-electron chi connectivity index (χ2n) is 4.25. The largest absolute Gasteiger partial charge is 0.378 e. The highest BCUT2D eigenvalue weighted by Crippen LogP contribution is 2.23. The fourth-order valence-electron chi connectivity index (χ4n) is 2.25. The maximum absolute atomic E-state index is 11.3. The average molecular weight is 247 g/mol. The molecule has 2 N–H and O–H groups in total. The number of hydrogen-bond acceptors (Lipinski definition) is 4. The summed E-state index contributed by atoms with van der Waals surface area (Å²) in [5.41, 5.74) is 2.35. The predicted octanol–water partition coefficient (Wildman–Crippen LogP) is 0.505. The highest BCUT2D eigenvalue weighted by Gasteiger charge is 2.14. The summed E-state index contributed by atoms with van der Waals surface area (Å²) in [6.07, 6.45) is 0.760. The molecule has 1 aliphatic heterocycles. The zero-order valence-electron chi connectivity index (χ0n) is 9.73. The summed E-state index contributed by atoms with van der Waals surface area (Å²) in [6, 6.07) is 3.68. The Kier molecular flexibility index (Phi) is 2.64. The van der Waals surface area contributed by atoms with Crippen LogP contribution in [0.4, 0.5) is 5.69 Å². The van der Waals surface area contributed by atoms with Gasteiger partial charge in [0.05, 0.1) is 24.2 Å². The third-order valence-corrected chi connectivity index (χ3v) is 3.14. The molecule has 2 aromatic rings. The minimum Gasteiger partial charge on any atom is -0.378 e. The Bertz CT molecular complexity index is 638. The molecule has 3 rings (SSSR count). The molecule has 0 radical (unpaired) electrons. The summed E-state index contributed by atoms with van der Waals surface area (Å²) in [7, 11) is 0. The van der Waals surface area contributed by atoms with Crippen LogP contribution in [0.3, 0.4) is 0 Å². The quantitative estimate of drug-likeness (QED) is 0.758. The third kappa shape index (κ3) is 1.80. The summed E-state index contributed by atoms with van der Waals surface area (Å²) >= 11 is 0. The van der Waals surface area contributed by atoms with E-state index in [4.69, 9.17) is 4.74 Å². The number of aromatic amines is 2. The van der Waals surface area contributed by atoms with E-state index in [1.807, 2.05) is 6.07 Å². The number of nitrogens with one attached hydrogen (secondary N) is 2. The molecule has 0 amide bonds. The number of aldehydes is 1. The van der Waals surface area contributed by atoms with E-state index in [0.717, 1.165) is 25.1 Å². The Morgan fingerprint density at radius 1 is 1.22 bits per heavy atom. The molecule has 1 fully saturated rings. The van der Waals surface area contributed by atoms with Crippen molar-refractivity contribution < 1.29 is 9.53 Å². The second-order valence-corrected chi connectivity index (χ2v) is 4.25. The number of anilines is 1. The maximum atomic E-state index is 11.3. The van der Waals surface area contributed by atoms with Gasteiger partial charge in [0.1, 0.15) is 0 Å². The topological polar surface area (TPSA) is 78.2 Å². The first-order valence-corrected chi connectivity index (χ1v) is 5.82. The monoisotopic (exact) mass is 247 g/mol. The molecule has 18 heavy (non-hydrogen) atoms. The van der Waals surface area contributed by atoms with Crippen LogP contribution in [-0.2, 0) is 4.74 Å². The fraction of sp³-hybridized carbons (Fsp3) is 0.333. The van der Waals surface area contributed by atoms with Crippen molar-refractivity contribution in [2.75, 3.05) is 31.2 Å². The van der Waals surface area contributed by atoms with Crippen LogP contribution in [0, 0.1) is 0 Å². The maximum Gasteiger partial charge on any atom is 0.323 e. The van der Waals surface area contributed by atoms with Gasteiger partial charge >= 0.3 is 5.69 Å². The van der Waals surface area contributed by atoms with Gasteiger partial charge in [-0.3, -0.25) is 4.79 Å². The lowest BCUT2D eigenvalue weighted by Gasteiger charge is -2.29. The Labute approximate surface area is 103 Å². The molecule has 0 unspecified atom stereocenters.